The largest absolute Gasteiger partial charge is 0.395 e. The molecule has 0 unspecified atom stereocenters. The first kappa shape index (κ1) is 24.3. The number of rotatable bonds is 7. The molecule has 0 spiro atoms. The molecule has 9 heteroatoms. The van der Waals surface area contributed by atoms with Gasteiger partial charge < -0.3 is 15.7 Å². The molecular weight excluding hydrogens is 430 g/mol. The van der Waals surface area contributed by atoms with Crippen molar-refractivity contribution in [2.24, 2.45) is 5.41 Å². The third-order valence-electron chi connectivity index (χ3n) is 5.31. The molecule has 0 aliphatic rings. The van der Waals surface area contributed by atoms with Crippen molar-refractivity contribution in [2.75, 3.05) is 13.2 Å². The number of carbonyl (C=O) groups excluding carboxylic acids is 2. The third-order valence-corrected chi connectivity index (χ3v) is 5.31. The van der Waals surface area contributed by atoms with Crippen LogP contribution in [0.5, 0.6) is 0 Å². The molecule has 2 aromatic carbocycles. The van der Waals surface area contributed by atoms with E-state index in [0.717, 1.165) is 5.56 Å². The first-order chi connectivity index (χ1) is 15.5. The summed E-state index contributed by atoms with van der Waals surface area (Å²) in [7, 11) is 0. The second kappa shape index (κ2) is 9.66. The van der Waals surface area contributed by atoms with E-state index >= 15 is 0 Å². The second-order valence-electron chi connectivity index (χ2n) is 9.04. The lowest BCUT2D eigenvalue weighted by Crippen LogP contribution is -2.54. The Bertz CT molecular complexity index is 1170. The summed E-state index contributed by atoms with van der Waals surface area (Å²) in [6.07, 6.45) is 0. The fourth-order valence-electron chi connectivity index (χ4n) is 3.51. The molecule has 33 heavy (non-hydrogen) atoms. The molecule has 0 fully saturated rings. The molecule has 1 aromatic heterocycles. The van der Waals surface area contributed by atoms with Crippen LogP contribution in [0, 0.1) is 24.0 Å². The minimum Gasteiger partial charge on any atom is -0.395 e. The Morgan fingerprint density at radius 1 is 1.15 bits per heavy atom. The zero-order valence-corrected chi connectivity index (χ0v) is 19.1. The molecule has 3 aromatic rings. The maximum Gasteiger partial charge on any atom is 0.273 e. The Balaban J connectivity index is 2.00. The molecule has 0 aliphatic heterocycles. The van der Waals surface area contributed by atoms with Crippen LogP contribution in [0.15, 0.2) is 36.4 Å². The molecular formula is C24H28F2N4O3. The van der Waals surface area contributed by atoms with Gasteiger partial charge in [-0.05, 0) is 41.7 Å². The van der Waals surface area contributed by atoms with Crippen molar-refractivity contribution in [1.82, 2.24) is 20.4 Å². The number of amides is 2. The van der Waals surface area contributed by atoms with E-state index in [0.29, 0.717) is 16.5 Å². The van der Waals surface area contributed by atoms with Crippen molar-refractivity contribution in [2.45, 2.75) is 40.3 Å². The molecule has 0 bridgehead atoms. The monoisotopic (exact) mass is 458 g/mol. The van der Waals surface area contributed by atoms with E-state index in [1.807, 2.05) is 0 Å². The highest BCUT2D eigenvalue weighted by Crippen LogP contribution is 2.25. The normalized spacial score (nSPS) is 12.6. The van der Waals surface area contributed by atoms with E-state index in [2.05, 4.69) is 15.7 Å². The van der Waals surface area contributed by atoms with E-state index in [-0.39, 0.29) is 31.2 Å². The van der Waals surface area contributed by atoms with Crippen molar-refractivity contribution in [3.63, 3.8) is 0 Å². The van der Waals surface area contributed by atoms with Crippen LogP contribution >= 0.6 is 0 Å². The standard InChI is InChI=1S/C24H28F2N4O3/c1-14-11-17-19(12-18(14)26)30(13-15-5-7-16(25)8-6-15)29-20(17)22(32)28-21(24(2,3)4)23(33)27-9-10-31/h5-8,11-12,21,31H,9-10,13H2,1-4H3,(H,27,33)(H,28,32)/t21-/m1/s1. The van der Waals surface area contributed by atoms with E-state index in [9.17, 15) is 18.4 Å². The maximum atomic E-state index is 14.4. The van der Waals surface area contributed by atoms with Gasteiger partial charge in [-0.15, -0.1) is 0 Å². The summed E-state index contributed by atoms with van der Waals surface area (Å²) >= 11 is 0. The number of carbonyl (C=O) groups is 2. The SMILES string of the molecule is Cc1cc2c(C(=O)N[C@H](C(=O)NCCO)C(C)(C)C)nn(Cc3ccc(F)cc3)c2cc1F. The van der Waals surface area contributed by atoms with Gasteiger partial charge in [0.25, 0.3) is 5.91 Å². The lowest BCUT2D eigenvalue weighted by molar-refractivity contribution is -0.125. The van der Waals surface area contributed by atoms with Gasteiger partial charge in [-0.3, -0.25) is 14.3 Å². The van der Waals surface area contributed by atoms with Gasteiger partial charge in [-0.1, -0.05) is 32.9 Å². The summed E-state index contributed by atoms with van der Waals surface area (Å²) in [5.74, 6) is -1.82. The first-order valence-electron chi connectivity index (χ1n) is 10.6. The Morgan fingerprint density at radius 3 is 2.42 bits per heavy atom. The molecule has 3 N–H and O–H groups in total. The van der Waals surface area contributed by atoms with Gasteiger partial charge in [0.05, 0.1) is 18.7 Å². The average molecular weight is 459 g/mol. The molecule has 2 amide bonds. The van der Waals surface area contributed by atoms with E-state index in [4.69, 9.17) is 5.11 Å². The zero-order chi connectivity index (χ0) is 24.3. The summed E-state index contributed by atoms with van der Waals surface area (Å²) < 4.78 is 29.1. The predicted octanol–water partition coefficient (Wildman–Crippen LogP) is 2.92. The quantitative estimate of drug-likeness (QED) is 0.507. The van der Waals surface area contributed by atoms with Crippen LogP contribution in [-0.2, 0) is 11.3 Å². The molecule has 0 aliphatic carbocycles. The van der Waals surface area contributed by atoms with E-state index in [1.165, 1.54) is 22.9 Å². The highest BCUT2D eigenvalue weighted by molar-refractivity contribution is 6.06. The van der Waals surface area contributed by atoms with Crippen LogP contribution in [0.3, 0.4) is 0 Å². The fourth-order valence-corrected chi connectivity index (χ4v) is 3.51. The number of fused-ring (bicyclic) bond motifs is 1. The van der Waals surface area contributed by atoms with Crippen LogP contribution in [-0.4, -0.2) is 45.9 Å². The van der Waals surface area contributed by atoms with Gasteiger partial charge in [0.2, 0.25) is 5.91 Å². The van der Waals surface area contributed by atoms with Gasteiger partial charge in [0.15, 0.2) is 5.69 Å². The van der Waals surface area contributed by atoms with Crippen LogP contribution in [0.1, 0.15) is 42.4 Å². The van der Waals surface area contributed by atoms with Crippen LogP contribution in [0.25, 0.3) is 10.9 Å². The smallest absolute Gasteiger partial charge is 0.273 e. The lowest BCUT2D eigenvalue weighted by atomic mass is 9.86. The molecule has 0 saturated carbocycles. The highest BCUT2D eigenvalue weighted by Gasteiger charge is 2.34. The van der Waals surface area contributed by atoms with Crippen molar-refractivity contribution in [3.8, 4) is 0 Å². The Labute approximate surface area is 190 Å². The third kappa shape index (κ3) is 5.54. The number of aliphatic hydroxyl groups excluding tert-OH is 1. The van der Waals surface area contributed by atoms with Crippen LogP contribution < -0.4 is 10.6 Å². The van der Waals surface area contributed by atoms with Gasteiger partial charge in [0.1, 0.15) is 17.7 Å². The number of hydrogen-bond acceptors (Lipinski definition) is 4. The number of benzene rings is 2. The minimum atomic E-state index is -0.893. The molecule has 3 rings (SSSR count). The molecule has 176 valence electrons. The lowest BCUT2D eigenvalue weighted by Gasteiger charge is -2.30. The Morgan fingerprint density at radius 2 is 1.82 bits per heavy atom. The zero-order valence-electron chi connectivity index (χ0n) is 19.1. The number of halogens is 2. The molecule has 0 radical (unpaired) electrons. The summed E-state index contributed by atoms with van der Waals surface area (Å²) in [5.41, 5.74) is 0.920. The number of aliphatic hydroxyl groups is 1. The maximum absolute atomic E-state index is 14.4. The minimum absolute atomic E-state index is 0.0550. The Hall–Kier alpha value is -3.33. The summed E-state index contributed by atoms with van der Waals surface area (Å²) in [6, 6.07) is 7.79. The molecule has 1 heterocycles. The molecule has 0 saturated heterocycles. The van der Waals surface area contributed by atoms with Crippen molar-refractivity contribution >= 4 is 22.7 Å². The summed E-state index contributed by atoms with van der Waals surface area (Å²) in [6.45, 7) is 7.05. The van der Waals surface area contributed by atoms with Crippen molar-refractivity contribution < 1.29 is 23.5 Å². The number of nitrogens with one attached hydrogen (secondary N) is 2. The van der Waals surface area contributed by atoms with E-state index in [1.54, 1.807) is 45.9 Å². The fraction of sp³-hybridized carbons (Fsp3) is 0.375. The number of aryl methyl sites for hydroxylation is 1. The number of hydrogen-bond donors (Lipinski definition) is 3. The van der Waals surface area contributed by atoms with Gasteiger partial charge in [-0.25, -0.2) is 8.78 Å². The van der Waals surface area contributed by atoms with Crippen LogP contribution in [0.2, 0.25) is 0 Å². The summed E-state index contributed by atoms with van der Waals surface area (Å²) in [4.78, 5) is 25.9. The van der Waals surface area contributed by atoms with Crippen LogP contribution in [0.4, 0.5) is 8.78 Å². The second-order valence-corrected chi connectivity index (χ2v) is 9.04. The number of aromatic nitrogens is 2. The highest BCUT2D eigenvalue weighted by atomic mass is 19.1. The van der Waals surface area contributed by atoms with Gasteiger partial charge in [0, 0.05) is 18.0 Å². The van der Waals surface area contributed by atoms with Gasteiger partial charge >= 0.3 is 0 Å². The van der Waals surface area contributed by atoms with Crippen molar-refractivity contribution in [1.29, 1.82) is 0 Å². The Kier molecular flexibility index (Phi) is 7.12. The predicted molar refractivity (Wildman–Crippen MR) is 121 cm³/mol. The number of nitrogens with zero attached hydrogens (tertiary/aromatic N) is 2. The molecule has 1 atom stereocenters. The first-order valence-corrected chi connectivity index (χ1v) is 10.6. The summed E-state index contributed by atoms with van der Waals surface area (Å²) in [5, 5.41) is 19.2. The average Bonchev–Trinajstić information content (AvgIpc) is 3.08. The molecule has 7 nitrogen and oxygen atoms in total. The topological polar surface area (TPSA) is 96.2 Å². The van der Waals surface area contributed by atoms with Crippen molar-refractivity contribution in [3.05, 3.63) is 64.9 Å². The van der Waals surface area contributed by atoms with Gasteiger partial charge in [-0.2, -0.15) is 5.10 Å². The van der Waals surface area contributed by atoms with E-state index < -0.39 is 29.1 Å².